The van der Waals surface area contributed by atoms with Crippen LogP contribution in [0.5, 0.6) is 0 Å². The van der Waals surface area contributed by atoms with E-state index < -0.39 is 0 Å². The van der Waals surface area contributed by atoms with Crippen LogP contribution in [0.4, 0.5) is 5.69 Å². The minimum atomic E-state index is 0.513. The predicted molar refractivity (Wildman–Crippen MR) is 72.6 cm³/mol. The molecule has 1 aromatic carbocycles. The van der Waals surface area contributed by atoms with Crippen LogP contribution in [0.3, 0.4) is 0 Å². The van der Waals surface area contributed by atoms with Crippen LogP contribution in [-0.4, -0.2) is 24.5 Å². The molecule has 0 saturated heterocycles. The van der Waals surface area contributed by atoms with Gasteiger partial charge in [-0.15, -0.1) is 0 Å². The monoisotopic (exact) mass is 242 g/mol. The molecular formula is C15H18N2O. The van der Waals surface area contributed by atoms with Crippen molar-refractivity contribution in [2.24, 2.45) is 0 Å². The fourth-order valence-electron chi connectivity index (χ4n) is 2.62. The average Bonchev–Trinajstić information content (AvgIpc) is 2.96. The summed E-state index contributed by atoms with van der Waals surface area (Å²) in [5, 5.41) is 3.58. The Morgan fingerprint density at radius 3 is 3.00 bits per heavy atom. The van der Waals surface area contributed by atoms with Crippen LogP contribution in [0.25, 0.3) is 0 Å². The van der Waals surface area contributed by atoms with Crippen molar-refractivity contribution in [2.75, 3.05) is 18.9 Å². The third-order valence-electron chi connectivity index (χ3n) is 3.41. The number of hydrogen-bond donors (Lipinski definition) is 1. The standard InChI is InChI=1S/C15H18N2O/c1-17(9-12-6-7-18-11-12)10-14-8-13-4-2-3-5-15(13)16-14/h2-7,11,14,16H,8-10H2,1H3/t14-/m0/s1. The fraction of sp³-hybridized carbons (Fsp3) is 0.333. The van der Waals surface area contributed by atoms with Crippen molar-refractivity contribution in [2.45, 2.75) is 19.0 Å². The minimum Gasteiger partial charge on any atom is -0.472 e. The summed E-state index contributed by atoms with van der Waals surface area (Å²) in [6.45, 7) is 1.98. The van der Waals surface area contributed by atoms with Gasteiger partial charge in [0.15, 0.2) is 0 Å². The molecule has 0 spiro atoms. The number of fused-ring (bicyclic) bond motifs is 1. The number of likely N-dealkylation sites (N-methyl/N-ethyl adjacent to an activating group) is 1. The van der Waals surface area contributed by atoms with E-state index in [-0.39, 0.29) is 0 Å². The van der Waals surface area contributed by atoms with Gasteiger partial charge in [0.1, 0.15) is 0 Å². The molecule has 0 unspecified atom stereocenters. The molecule has 94 valence electrons. The van der Waals surface area contributed by atoms with Gasteiger partial charge in [0.2, 0.25) is 0 Å². The number of rotatable bonds is 4. The number of hydrogen-bond acceptors (Lipinski definition) is 3. The van der Waals surface area contributed by atoms with Crippen LogP contribution in [0.1, 0.15) is 11.1 Å². The molecule has 1 N–H and O–H groups in total. The Bertz CT molecular complexity index is 482. The van der Waals surface area contributed by atoms with Crippen molar-refractivity contribution in [3.63, 3.8) is 0 Å². The molecular weight excluding hydrogens is 224 g/mol. The highest BCUT2D eigenvalue weighted by Crippen LogP contribution is 2.25. The van der Waals surface area contributed by atoms with Gasteiger partial charge in [0.25, 0.3) is 0 Å². The molecule has 1 aliphatic heterocycles. The van der Waals surface area contributed by atoms with Gasteiger partial charge in [0.05, 0.1) is 12.5 Å². The summed E-state index contributed by atoms with van der Waals surface area (Å²) in [6, 6.07) is 11.1. The highest BCUT2D eigenvalue weighted by atomic mass is 16.3. The van der Waals surface area contributed by atoms with E-state index in [1.807, 2.05) is 12.3 Å². The molecule has 0 bridgehead atoms. The number of anilines is 1. The molecule has 2 aromatic rings. The lowest BCUT2D eigenvalue weighted by Gasteiger charge is -2.20. The molecule has 2 heterocycles. The van der Waals surface area contributed by atoms with E-state index in [1.165, 1.54) is 16.8 Å². The molecule has 1 aromatic heterocycles. The molecule has 1 atom stereocenters. The topological polar surface area (TPSA) is 28.4 Å². The molecule has 3 rings (SSSR count). The van der Waals surface area contributed by atoms with Crippen LogP contribution in [0.15, 0.2) is 47.3 Å². The zero-order chi connectivity index (χ0) is 12.4. The maximum absolute atomic E-state index is 5.09. The molecule has 0 aliphatic carbocycles. The Hall–Kier alpha value is -1.74. The van der Waals surface area contributed by atoms with Crippen molar-refractivity contribution in [1.29, 1.82) is 0 Å². The zero-order valence-electron chi connectivity index (χ0n) is 10.6. The third kappa shape index (κ3) is 2.41. The van der Waals surface area contributed by atoms with E-state index in [9.17, 15) is 0 Å². The van der Waals surface area contributed by atoms with Crippen LogP contribution in [0, 0.1) is 0 Å². The van der Waals surface area contributed by atoms with Crippen molar-refractivity contribution in [3.8, 4) is 0 Å². The molecule has 3 nitrogen and oxygen atoms in total. The first-order valence-corrected chi connectivity index (χ1v) is 6.35. The number of para-hydroxylation sites is 1. The van der Waals surface area contributed by atoms with Crippen LogP contribution in [0.2, 0.25) is 0 Å². The summed E-state index contributed by atoms with van der Waals surface area (Å²) in [5.41, 5.74) is 3.95. The van der Waals surface area contributed by atoms with E-state index in [2.05, 4.69) is 41.5 Å². The highest BCUT2D eigenvalue weighted by Gasteiger charge is 2.20. The second kappa shape index (κ2) is 4.86. The van der Waals surface area contributed by atoms with E-state index in [4.69, 9.17) is 4.42 Å². The summed E-state index contributed by atoms with van der Waals surface area (Å²) in [5.74, 6) is 0. The zero-order valence-corrected chi connectivity index (χ0v) is 10.6. The molecule has 0 saturated carbocycles. The quantitative estimate of drug-likeness (QED) is 0.893. The first kappa shape index (κ1) is 11.4. The lowest BCUT2D eigenvalue weighted by Crippen LogP contribution is -2.32. The van der Waals surface area contributed by atoms with Gasteiger partial charge in [-0.1, -0.05) is 18.2 Å². The van der Waals surface area contributed by atoms with Gasteiger partial charge in [-0.3, -0.25) is 4.90 Å². The largest absolute Gasteiger partial charge is 0.472 e. The van der Waals surface area contributed by atoms with Crippen molar-refractivity contribution < 1.29 is 4.42 Å². The smallest absolute Gasteiger partial charge is 0.0947 e. The Kier molecular flexibility index (Phi) is 3.07. The van der Waals surface area contributed by atoms with Crippen molar-refractivity contribution in [3.05, 3.63) is 54.0 Å². The maximum Gasteiger partial charge on any atom is 0.0947 e. The summed E-state index contributed by atoms with van der Waals surface area (Å²) < 4.78 is 5.09. The number of nitrogens with zero attached hydrogens (tertiary/aromatic N) is 1. The van der Waals surface area contributed by atoms with Gasteiger partial charge in [-0.05, 0) is 31.2 Å². The normalized spacial score (nSPS) is 17.8. The lowest BCUT2D eigenvalue weighted by molar-refractivity contribution is 0.311. The predicted octanol–water partition coefficient (Wildman–Crippen LogP) is 2.75. The molecule has 1 aliphatic rings. The van der Waals surface area contributed by atoms with Gasteiger partial charge >= 0.3 is 0 Å². The second-order valence-corrected chi connectivity index (χ2v) is 5.03. The first-order chi connectivity index (χ1) is 8.81. The maximum atomic E-state index is 5.09. The molecule has 0 amide bonds. The van der Waals surface area contributed by atoms with E-state index >= 15 is 0 Å². The van der Waals surface area contributed by atoms with Gasteiger partial charge in [-0.2, -0.15) is 0 Å². The summed E-state index contributed by atoms with van der Waals surface area (Å²) in [6.07, 6.45) is 4.66. The first-order valence-electron chi connectivity index (χ1n) is 6.35. The number of furan rings is 1. The van der Waals surface area contributed by atoms with Crippen LogP contribution in [-0.2, 0) is 13.0 Å². The van der Waals surface area contributed by atoms with Crippen molar-refractivity contribution >= 4 is 5.69 Å². The SMILES string of the molecule is CN(Cc1ccoc1)C[C@@H]1Cc2ccccc2N1. The lowest BCUT2D eigenvalue weighted by atomic mass is 10.1. The van der Waals surface area contributed by atoms with Gasteiger partial charge in [0, 0.05) is 30.4 Å². The Morgan fingerprint density at radius 1 is 1.33 bits per heavy atom. The van der Waals surface area contributed by atoms with E-state index in [0.29, 0.717) is 6.04 Å². The second-order valence-electron chi connectivity index (χ2n) is 5.03. The summed E-state index contributed by atoms with van der Waals surface area (Å²) in [4.78, 5) is 2.33. The molecule has 0 radical (unpaired) electrons. The van der Waals surface area contributed by atoms with Crippen LogP contribution >= 0.6 is 0 Å². The molecule has 3 heteroatoms. The Balaban J connectivity index is 1.56. The summed E-state index contributed by atoms with van der Waals surface area (Å²) >= 11 is 0. The molecule has 18 heavy (non-hydrogen) atoms. The molecule has 0 fully saturated rings. The van der Waals surface area contributed by atoms with E-state index in [0.717, 1.165) is 19.5 Å². The number of benzene rings is 1. The fourth-order valence-corrected chi connectivity index (χ4v) is 2.62. The van der Waals surface area contributed by atoms with Gasteiger partial charge < -0.3 is 9.73 Å². The van der Waals surface area contributed by atoms with Crippen molar-refractivity contribution in [1.82, 2.24) is 4.90 Å². The number of nitrogens with one attached hydrogen (secondary N) is 1. The third-order valence-corrected chi connectivity index (χ3v) is 3.41. The van der Waals surface area contributed by atoms with Crippen LogP contribution < -0.4 is 5.32 Å². The minimum absolute atomic E-state index is 0.513. The Labute approximate surface area is 107 Å². The average molecular weight is 242 g/mol. The van der Waals surface area contributed by atoms with E-state index in [1.54, 1.807) is 6.26 Å². The Morgan fingerprint density at radius 2 is 2.22 bits per heavy atom. The summed E-state index contributed by atoms with van der Waals surface area (Å²) in [7, 11) is 2.15. The van der Waals surface area contributed by atoms with Gasteiger partial charge in [-0.25, -0.2) is 0 Å². The highest BCUT2D eigenvalue weighted by molar-refractivity contribution is 5.56.